The van der Waals surface area contributed by atoms with Crippen LogP contribution < -0.4 is 11.5 Å². The van der Waals surface area contributed by atoms with Crippen molar-refractivity contribution in [2.45, 2.75) is 31.7 Å². The summed E-state index contributed by atoms with van der Waals surface area (Å²) in [5.74, 6) is -0.937. The third-order valence-corrected chi connectivity index (χ3v) is 1.88. The van der Waals surface area contributed by atoms with Gasteiger partial charge in [0.25, 0.3) is 0 Å². The zero-order chi connectivity index (χ0) is 8.91. The van der Waals surface area contributed by atoms with Crippen LogP contribution in [0.4, 0.5) is 0 Å². The van der Waals surface area contributed by atoms with Crippen LogP contribution in [0.2, 0.25) is 0 Å². The van der Waals surface area contributed by atoms with Crippen LogP contribution in [0.3, 0.4) is 0 Å². The maximum atomic E-state index is 10.6. The topological polar surface area (TPSA) is 89.3 Å². The molecule has 0 amide bonds. The van der Waals surface area contributed by atoms with E-state index in [0.717, 1.165) is 0 Å². The lowest BCUT2D eigenvalue weighted by Crippen LogP contribution is -2.47. The average Bonchev–Trinajstić information content (AvgIpc) is 2.00. The van der Waals surface area contributed by atoms with E-state index in [2.05, 4.69) is 0 Å². The SMILES string of the molecule is CC[C@](N)(CCCN)C(=O)O. The molecule has 4 nitrogen and oxygen atoms in total. The Labute approximate surface area is 66.6 Å². The van der Waals surface area contributed by atoms with E-state index >= 15 is 0 Å². The van der Waals surface area contributed by atoms with Crippen molar-refractivity contribution in [1.82, 2.24) is 0 Å². The molecule has 4 heteroatoms. The first-order valence-corrected chi connectivity index (χ1v) is 3.79. The van der Waals surface area contributed by atoms with Crippen molar-refractivity contribution in [1.29, 1.82) is 0 Å². The molecule has 0 saturated heterocycles. The molecule has 0 aromatic carbocycles. The first-order valence-electron chi connectivity index (χ1n) is 3.79. The quantitative estimate of drug-likeness (QED) is 0.524. The molecule has 11 heavy (non-hydrogen) atoms. The fourth-order valence-electron chi connectivity index (χ4n) is 0.852. The maximum Gasteiger partial charge on any atom is 0.323 e. The van der Waals surface area contributed by atoms with Gasteiger partial charge in [-0.05, 0) is 25.8 Å². The fraction of sp³-hybridized carbons (Fsp3) is 0.857. The maximum absolute atomic E-state index is 10.6. The minimum atomic E-state index is -1.07. The van der Waals surface area contributed by atoms with Gasteiger partial charge >= 0.3 is 5.97 Å². The first kappa shape index (κ1) is 10.4. The van der Waals surface area contributed by atoms with E-state index in [1.807, 2.05) is 0 Å². The second kappa shape index (κ2) is 4.31. The number of carboxylic acids is 1. The van der Waals surface area contributed by atoms with E-state index < -0.39 is 11.5 Å². The predicted molar refractivity (Wildman–Crippen MR) is 43.1 cm³/mol. The molecule has 0 fully saturated rings. The van der Waals surface area contributed by atoms with E-state index in [1.54, 1.807) is 6.92 Å². The molecule has 0 unspecified atom stereocenters. The highest BCUT2D eigenvalue weighted by molar-refractivity contribution is 5.78. The Balaban J connectivity index is 3.99. The van der Waals surface area contributed by atoms with Crippen molar-refractivity contribution in [3.8, 4) is 0 Å². The van der Waals surface area contributed by atoms with Gasteiger partial charge in [0.2, 0.25) is 0 Å². The Morgan fingerprint density at radius 2 is 2.18 bits per heavy atom. The Hall–Kier alpha value is -0.610. The van der Waals surface area contributed by atoms with Crippen LogP contribution in [0.25, 0.3) is 0 Å². The number of nitrogens with two attached hydrogens (primary N) is 2. The van der Waals surface area contributed by atoms with Crippen LogP contribution in [0.1, 0.15) is 26.2 Å². The van der Waals surface area contributed by atoms with E-state index in [1.165, 1.54) is 0 Å². The molecule has 0 spiro atoms. The monoisotopic (exact) mass is 160 g/mol. The van der Waals surface area contributed by atoms with E-state index in [4.69, 9.17) is 16.6 Å². The number of carbonyl (C=O) groups is 1. The summed E-state index contributed by atoms with van der Waals surface area (Å²) in [5, 5.41) is 8.69. The van der Waals surface area contributed by atoms with E-state index in [-0.39, 0.29) is 0 Å². The highest BCUT2D eigenvalue weighted by Gasteiger charge is 2.30. The second-order valence-corrected chi connectivity index (χ2v) is 2.71. The summed E-state index contributed by atoms with van der Waals surface area (Å²) in [7, 11) is 0. The molecule has 1 atom stereocenters. The Bertz CT molecular complexity index is 138. The number of aliphatic carboxylic acids is 1. The Morgan fingerprint density at radius 3 is 2.45 bits per heavy atom. The summed E-state index contributed by atoms with van der Waals surface area (Å²) in [5.41, 5.74) is 9.74. The third-order valence-electron chi connectivity index (χ3n) is 1.88. The number of rotatable bonds is 5. The minimum Gasteiger partial charge on any atom is -0.480 e. The third kappa shape index (κ3) is 2.86. The van der Waals surface area contributed by atoms with Crippen molar-refractivity contribution >= 4 is 5.97 Å². The predicted octanol–water partition coefficient (Wildman–Crippen LogP) is -0.0826. The number of carboxylic acid groups (broad SMARTS) is 1. The van der Waals surface area contributed by atoms with Crippen LogP contribution in [0.5, 0.6) is 0 Å². The molecule has 5 N–H and O–H groups in total. The van der Waals surface area contributed by atoms with Gasteiger partial charge in [0.15, 0.2) is 0 Å². The van der Waals surface area contributed by atoms with Gasteiger partial charge in [0, 0.05) is 0 Å². The molecule has 0 aliphatic carbocycles. The van der Waals surface area contributed by atoms with Crippen molar-refractivity contribution in [3.05, 3.63) is 0 Å². The molecule has 0 bridgehead atoms. The number of hydrogen-bond donors (Lipinski definition) is 3. The Kier molecular flexibility index (Phi) is 4.07. The molecular formula is C7H16N2O2. The van der Waals surface area contributed by atoms with Crippen LogP contribution in [0, 0.1) is 0 Å². The van der Waals surface area contributed by atoms with E-state index in [9.17, 15) is 4.79 Å². The molecule has 0 aromatic rings. The van der Waals surface area contributed by atoms with Gasteiger partial charge in [0.1, 0.15) is 5.54 Å². The second-order valence-electron chi connectivity index (χ2n) is 2.71. The molecule has 0 aromatic heterocycles. The Morgan fingerprint density at radius 1 is 1.64 bits per heavy atom. The summed E-state index contributed by atoms with van der Waals surface area (Å²) < 4.78 is 0. The average molecular weight is 160 g/mol. The highest BCUT2D eigenvalue weighted by Crippen LogP contribution is 2.13. The smallest absolute Gasteiger partial charge is 0.323 e. The fourth-order valence-corrected chi connectivity index (χ4v) is 0.852. The van der Waals surface area contributed by atoms with Crippen molar-refractivity contribution in [3.63, 3.8) is 0 Å². The zero-order valence-electron chi connectivity index (χ0n) is 6.84. The van der Waals surface area contributed by atoms with Gasteiger partial charge in [0.05, 0.1) is 0 Å². The van der Waals surface area contributed by atoms with Crippen LogP contribution in [-0.4, -0.2) is 23.2 Å². The number of hydrogen-bond acceptors (Lipinski definition) is 3. The summed E-state index contributed by atoms with van der Waals surface area (Å²) in [6.45, 7) is 2.26. The molecular weight excluding hydrogens is 144 g/mol. The minimum absolute atomic E-state index is 0.447. The normalized spacial score (nSPS) is 15.9. The van der Waals surface area contributed by atoms with Gasteiger partial charge in [-0.2, -0.15) is 0 Å². The molecule has 0 heterocycles. The summed E-state index contributed by atoms with van der Waals surface area (Å²) >= 11 is 0. The van der Waals surface area contributed by atoms with Gasteiger partial charge < -0.3 is 16.6 Å². The van der Waals surface area contributed by atoms with Gasteiger partial charge in [-0.15, -0.1) is 0 Å². The standard InChI is InChI=1S/C7H16N2O2/c1-2-7(9,6(10)11)4-3-5-8/h2-5,8-9H2,1H3,(H,10,11)/t7-/m0/s1. The lowest BCUT2D eigenvalue weighted by atomic mass is 9.92. The molecule has 66 valence electrons. The molecule has 0 aliphatic rings. The molecule has 0 aliphatic heterocycles. The lowest BCUT2D eigenvalue weighted by molar-refractivity contribution is -0.143. The van der Waals surface area contributed by atoms with Crippen LogP contribution in [0.15, 0.2) is 0 Å². The van der Waals surface area contributed by atoms with Gasteiger partial charge in [-0.25, -0.2) is 0 Å². The summed E-state index contributed by atoms with van der Waals surface area (Å²) in [6.07, 6.45) is 1.56. The van der Waals surface area contributed by atoms with Gasteiger partial charge in [-0.3, -0.25) is 4.79 Å². The van der Waals surface area contributed by atoms with Crippen LogP contribution >= 0.6 is 0 Å². The molecule has 0 radical (unpaired) electrons. The van der Waals surface area contributed by atoms with Crippen molar-refractivity contribution in [2.24, 2.45) is 11.5 Å². The van der Waals surface area contributed by atoms with Crippen molar-refractivity contribution in [2.75, 3.05) is 6.54 Å². The highest BCUT2D eigenvalue weighted by atomic mass is 16.4. The largest absolute Gasteiger partial charge is 0.480 e. The summed E-state index contributed by atoms with van der Waals surface area (Å²) in [6, 6.07) is 0. The van der Waals surface area contributed by atoms with E-state index in [0.29, 0.717) is 25.8 Å². The van der Waals surface area contributed by atoms with Gasteiger partial charge in [-0.1, -0.05) is 6.92 Å². The summed E-state index contributed by atoms with van der Waals surface area (Å²) in [4.78, 5) is 10.6. The zero-order valence-corrected chi connectivity index (χ0v) is 6.84. The first-order chi connectivity index (χ1) is 5.06. The lowest BCUT2D eigenvalue weighted by Gasteiger charge is -2.22. The molecule has 0 saturated carbocycles. The van der Waals surface area contributed by atoms with Crippen molar-refractivity contribution < 1.29 is 9.90 Å². The van der Waals surface area contributed by atoms with Crippen LogP contribution in [-0.2, 0) is 4.79 Å². The molecule has 0 rings (SSSR count).